The van der Waals surface area contributed by atoms with Gasteiger partial charge in [-0.15, -0.1) is 0 Å². The topological polar surface area (TPSA) is 87.7 Å². The summed E-state index contributed by atoms with van der Waals surface area (Å²) in [7, 11) is 0. The fourth-order valence-corrected chi connectivity index (χ4v) is 8.66. The standard InChI is InChI=1S/C32H34N6O4S4/c39-25(35-19-15-33(16-20-35)23-7-3-1-4-8-23)11-13-37-29(41)27(45-31(37)43)28-30(42)38(32(44)46-28)14-12-26(40)36-21-17-34(18-22-36)24-9-5-2-6-10-24/h1-10H,11-22H2. The van der Waals surface area contributed by atoms with Crippen LogP contribution in [0.1, 0.15) is 12.8 Å². The molecular formula is C32H34N6O4S4. The molecule has 4 aliphatic heterocycles. The number of nitrogens with zero attached hydrogens (tertiary/aromatic N) is 6. The van der Waals surface area contributed by atoms with Crippen molar-refractivity contribution >= 4 is 91.6 Å². The van der Waals surface area contributed by atoms with Crippen LogP contribution in [-0.4, -0.2) is 117 Å². The number of thioether (sulfide) groups is 2. The Morgan fingerprint density at radius 3 is 1.26 bits per heavy atom. The van der Waals surface area contributed by atoms with E-state index in [9.17, 15) is 19.2 Å². The Balaban J connectivity index is 0.983. The Hall–Kier alpha value is -3.46. The smallest absolute Gasteiger partial charge is 0.267 e. The summed E-state index contributed by atoms with van der Waals surface area (Å²) in [4.78, 5) is 64.2. The maximum atomic E-state index is 13.4. The predicted octanol–water partition coefficient (Wildman–Crippen LogP) is 3.40. The third-order valence-corrected chi connectivity index (χ3v) is 11.5. The zero-order valence-electron chi connectivity index (χ0n) is 25.2. The minimum atomic E-state index is -0.385. The lowest BCUT2D eigenvalue weighted by atomic mass is 10.2. The van der Waals surface area contributed by atoms with Crippen molar-refractivity contribution in [3.63, 3.8) is 0 Å². The molecule has 0 atom stereocenters. The molecule has 4 fully saturated rings. The molecule has 46 heavy (non-hydrogen) atoms. The highest BCUT2D eigenvalue weighted by atomic mass is 32.2. The van der Waals surface area contributed by atoms with E-state index in [2.05, 4.69) is 34.1 Å². The number of rotatable bonds is 8. The summed E-state index contributed by atoms with van der Waals surface area (Å²) >= 11 is 13.1. The van der Waals surface area contributed by atoms with Gasteiger partial charge in [-0.2, -0.15) is 0 Å². The van der Waals surface area contributed by atoms with Crippen molar-refractivity contribution < 1.29 is 19.2 Å². The van der Waals surface area contributed by atoms with Crippen molar-refractivity contribution in [3.05, 3.63) is 70.5 Å². The average molecular weight is 695 g/mol. The molecule has 0 saturated carbocycles. The molecule has 10 nitrogen and oxygen atoms in total. The molecule has 0 aromatic heterocycles. The number of piperazine rings is 2. The maximum Gasteiger partial charge on any atom is 0.267 e. The second kappa shape index (κ2) is 14.5. The molecular weight excluding hydrogens is 661 g/mol. The molecule has 240 valence electrons. The first kappa shape index (κ1) is 32.5. The number of para-hydroxylation sites is 2. The Kier molecular flexibility index (Phi) is 10.3. The van der Waals surface area contributed by atoms with Gasteiger partial charge in [-0.3, -0.25) is 29.0 Å². The maximum absolute atomic E-state index is 13.4. The van der Waals surface area contributed by atoms with E-state index in [0.717, 1.165) is 61.1 Å². The molecule has 2 aromatic rings. The molecule has 4 amide bonds. The summed E-state index contributed by atoms with van der Waals surface area (Å²) in [5.41, 5.74) is 2.28. The Morgan fingerprint density at radius 2 is 0.913 bits per heavy atom. The van der Waals surface area contributed by atoms with E-state index in [1.54, 1.807) is 0 Å². The van der Waals surface area contributed by atoms with Gasteiger partial charge in [0.2, 0.25) is 11.8 Å². The second-order valence-electron chi connectivity index (χ2n) is 11.2. The fourth-order valence-electron chi connectivity index (χ4n) is 5.89. The van der Waals surface area contributed by atoms with Crippen LogP contribution < -0.4 is 9.80 Å². The fraction of sp³-hybridized carbons (Fsp3) is 0.375. The van der Waals surface area contributed by atoms with Crippen LogP contribution in [0.25, 0.3) is 0 Å². The van der Waals surface area contributed by atoms with Gasteiger partial charge in [0.05, 0.1) is 9.81 Å². The minimum Gasteiger partial charge on any atom is -0.368 e. The zero-order valence-corrected chi connectivity index (χ0v) is 28.5. The highest BCUT2D eigenvalue weighted by Crippen LogP contribution is 2.42. The van der Waals surface area contributed by atoms with Crippen LogP contribution >= 0.6 is 48.0 Å². The van der Waals surface area contributed by atoms with E-state index in [1.807, 2.05) is 46.2 Å². The average Bonchev–Trinajstić information content (AvgIpc) is 3.54. The van der Waals surface area contributed by atoms with Crippen molar-refractivity contribution in [2.75, 3.05) is 75.2 Å². The Labute approximate surface area is 287 Å². The van der Waals surface area contributed by atoms with E-state index >= 15 is 0 Å². The first-order valence-corrected chi connectivity index (χ1v) is 17.7. The summed E-state index contributed by atoms with van der Waals surface area (Å²) in [6.07, 6.45) is 0.293. The lowest BCUT2D eigenvalue weighted by Crippen LogP contribution is -2.49. The van der Waals surface area contributed by atoms with Gasteiger partial charge >= 0.3 is 0 Å². The van der Waals surface area contributed by atoms with Crippen molar-refractivity contribution in [2.45, 2.75) is 12.8 Å². The van der Waals surface area contributed by atoms with E-state index < -0.39 is 0 Å². The predicted molar refractivity (Wildman–Crippen MR) is 191 cm³/mol. The highest BCUT2D eigenvalue weighted by Gasteiger charge is 2.42. The monoisotopic (exact) mass is 694 g/mol. The van der Waals surface area contributed by atoms with Crippen molar-refractivity contribution in [1.29, 1.82) is 0 Å². The molecule has 0 spiro atoms. The van der Waals surface area contributed by atoms with Crippen LogP contribution in [0.3, 0.4) is 0 Å². The Morgan fingerprint density at radius 1 is 0.565 bits per heavy atom. The summed E-state index contributed by atoms with van der Waals surface area (Å²) in [6.45, 7) is 5.73. The summed E-state index contributed by atoms with van der Waals surface area (Å²) < 4.78 is 0.633. The van der Waals surface area contributed by atoms with Crippen LogP contribution in [0.15, 0.2) is 70.5 Å². The second-order valence-corrected chi connectivity index (χ2v) is 14.5. The van der Waals surface area contributed by atoms with Crippen LogP contribution in [-0.2, 0) is 19.2 Å². The quantitative estimate of drug-likeness (QED) is 0.303. The van der Waals surface area contributed by atoms with Gasteiger partial charge in [-0.05, 0) is 24.3 Å². The molecule has 0 N–H and O–H groups in total. The molecule has 0 unspecified atom stereocenters. The number of carbonyl (C=O) groups excluding carboxylic acids is 4. The summed E-state index contributed by atoms with van der Waals surface area (Å²) in [5, 5.41) is 0. The summed E-state index contributed by atoms with van der Waals surface area (Å²) in [5.74, 6) is -0.826. The molecule has 14 heteroatoms. The van der Waals surface area contributed by atoms with Crippen molar-refractivity contribution in [1.82, 2.24) is 19.6 Å². The largest absolute Gasteiger partial charge is 0.368 e. The first-order valence-electron chi connectivity index (χ1n) is 15.3. The lowest BCUT2D eigenvalue weighted by molar-refractivity contribution is -0.133. The van der Waals surface area contributed by atoms with E-state index in [0.29, 0.717) is 34.8 Å². The molecule has 4 aliphatic rings. The van der Waals surface area contributed by atoms with E-state index in [1.165, 1.54) is 9.80 Å². The van der Waals surface area contributed by atoms with Gasteiger partial charge in [0, 0.05) is 89.7 Å². The van der Waals surface area contributed by atoms with Crippen LogP contribution in [0, 0.1) is 0 Å². The number of hydrogen-bond donors (Lipinski definition) is 0. The van der Waals surface area contributed by atoms with Crippen LogP contribution in [0.2, 0.25) is 0 Å². The van der Waals surface area contributed by atoms with Gasteiger partial charge in [0.1, 0.15) is 8.64 Å². The van der Waals surface area contributed by atoms with Gasteiger partial charge in [0.25, 0.3) is 11.8 Å². The zero-order chi connectivity index (χ0) is 32.2. The third kappa shape index (κ3) is 7.09. The van der Waals surface area contributed by atoms with Crippen LogP contribution in [0.5, 0.6) is 0 Å². The number of amides is 4. The molecule has 4 heterocycles. The molecule has 6 rings (SSSR count). The first-order chi connectivity index (χ1) is 22.3. The highest BCUT2D eigenvalue weighted by molar-refractivity contribution is 8.29. The van der Waals surface area contributed by atoms with Crippen molar-refractivity contribution in [3.8, 4) is 0 Å². The van der Waals surface area contributed by atoms with Gasteiger partial charge in [-0.1, -0.05) is 84.4 Å². The van der Waals surface area contributed by atoms with Crippen molar-refractivity contribution in [2.24, 2.45) is 0 Å². The number of hydrogen-bond acceptors (Lipinski definition) is 10. The molecule has 4 saturated heterocycles. The molecule has 2 aromatic carbocycles. The van der Waals surface area contributed by atoms with E-state index in [4.69, 9.17) is 24.4 Å². The lowest BCUT2D eigenvalue weighted by Gasteiger charge is -2.36. The van der Waals surface area contributed by atoms with Gasteiger partial charge in [-0.25, -0.2) is 0 Å². The SMILES string of the molecule is O=C(CCN1C(=O)C(=C2SC(=S)N(CCC(=O)N3CCN(c4ccccc4)CC3)C2=O)SC1=S)N1CCN(c2ccccc2)CC1. The number of thiocarbonyl (C=S) groups is 2. The Bertz CT molecular complexity index is 1440. The number of anilines is 2. The minimum absolute atomic E-state index is 0.0285. The van der Waals surface area contributed by atoms with Gasteiger partial charge in [0.15, 0.2) is 0 Å². The molecule has 0 radical (unpaired) electrons. The molecule has 0 bridgehead atoms. The number of carbonyl (C=O) groups is 4. The molecule has 0 aliphatic carbocycles. The van der Waals surface area contributed by atoms with Gasteiger partial charge < -0.3 is 19.6 Å². The third-order valence-electron chi connectivity index (χ3n) is 8.51. The summed E-state index contributed by atoms with van der Waals surface area (Å²) in [6, 6.07) is 20.2. The normalized spacial score (nSPS) is 20.8. The number of benzene rings is 2. The van der Waals surface area contributed by atoms with Crippen LogP contribution in [0.4, 0.5) is 11.4 Å². The van der Waals surface area contributed by atoms with E-state index in [-0.39, 0.29) is 59.4 Å².